The van der Waals surface area contributed by atoms with Crippen LogP contribution in [0.25, 0.3) is 0 Å². The fourth-order valence-electron chi connectivity index (χ4n) is 2.41. The maximum atomic E-state index is 6.39. The quantitative estimate of drug-likeness (QED) is 0.912. The Morgan fingerprint density at radius 3 is 2.88 bits per heavy atom. The number of nitrogens with one attached hydrogen (secondary N) is 1. The molecular weight excluding hydrogens is 254 g/mol. The summed E-state index contributed by atoms with van der Waals surface area (Å²) in [5, 5.41) is 8.76. The van der Waals surface area contributed by atoms with Crippen LogP contribution in [-0.2, 0) is 19.9 Å². The molecule has 5 heteroatoms. The monoisotopic (exact) mass is 273 g/mol. The molecule has 3 nitrogen and oxygen atoms in total. The first kappa shape index (κ1) is 13.2. The normalized spacial score (nSPS) is 24.5. The van der Waals surface area contributed by atoms with Crippen LogP contribution in [0.3, 0.4) is 0 Å². The molecule has 1 saturated heterocycles. The molecule has 17 heavy (non-hydrogen) atoms. The van der Waals surface area contributed by atoms with Gasteiger partial charge in [0, 0.05) is 18.8 Å². The number of halogens is 1. The minimum atomic E-state index is 0.607. The summed E-state index contributed by atoms with van der Waals surface area (Å²) in [5.41, 5.74) is 2.21. The van der Waals surface area contributed by atoms with E-state index < -0.39 is 0 Å². The van der Waals surface area contributed by atoms with Crippen molar-refractivity contribution in [3.05, 3.63) is 16.4 Å². The molecule has 0 aromatic carbocycles. The standard InChI is InChI=1S/C12H20ClN3S/c1-4-9-12(13)11(16(3)15-9)5-8-6-17-7-10(8)14-2/h8,10,14H,4-7H2,1-3H3. The number of thioether (sulfide) groups is 1. The van der Waals surface area contributed by atoms with Gasteiger partial charge in [0.15, 0.2) is 0 Å². The highest BCUT2D eigenvalue weighted by molar-refractivity contribution is 7.99. The Labute approximate surface area is 112 Å². The van der Waals surface area contributed by atoms with Crippen LogP contribution in [-0.4, -0.2) is 34.4 Å². The zero-order valence-electron chi connectivity index (χ0n) is 10.7. The number of nitrogens with zero attached hydrogens (tertiary/aromatic N) is 2. The molecule has 1 aliphatic rings. The van der Waals surface area contributed by atoms with Crippen molar-refractivity contribution in [1.29, 1.82) is 0 Å². The first-order chi connectivity index (χ1) is 8.17. The van der Waals surface area contributed by atoms with Crippen molar-refractivity contribution in [3.8, 4) is 0 Å². The Balaban J connectivity index is 2.15. The molecule has 2 unspecified atom stereocenters. The predicted octanol–water partition coefficient (Wildman–Crippen LogP) is 2.13. The van der Waals surface area contributed by atoms with Crippen molar-refractivity contribution in [2.24, 2.45) is 13.0 Å². The molecule has 0 amide bonds. The molecule has 0 bridgehead atoms. The van der Waals surface area contributed by atoms with Gasteiger partial charge in [-0.1, -0.05) is 18.5 Å². The Kier molecular flexibility index (Phi) is 4.39. The van der Waals surface area contributed by atoms with Crippen molar-refractivity contribution in [2.75, 3.05) is 18.6 Å². The van der Waals surface area contributed by atoms with Crippen molar-refractivity contribution in [2.45, 2.75) is 25.8 Å². The Hall–Kier alpha value is -0.190. The lowest BCUT2D eigenvalue weighted by Gasteiger charge is -2.18. The van der Waals surface area contributed by atoms with E-state index in [1.54, 1.807) is 0 Å². The molecule has 1 aromatic heterocycles. The first-order valence-corrected chi connectivity index (χ1v) is 7.65. The fourth-order valence-corrected chi connectivity index (χ4v) is 4.26. The lowest BCUT2D eigenvalue weighted by molar-refractivity contribution is 0.442. The van der Waals surface area contributed by atoms with E-state index in [1.807, 2.05) is 30.5 Å². The van der Waals surface area contributed by atoms with Gasteiger partial charge in [0.25, 0.3) is 0 Å². The molecule has 0 saturated carbocycles. The molecular formula is C12H20ClN3S. The van der Waals surface area contributed by atoms with E-state index >= 15 is 0 Å². The second-order valence-electron chi connectivity index (χ2n) is 4.58. The van der Waals surface area contributed by atoms with Crippen LogP contribution in [0.5, 0.6) is 0 Å². The van der Waals surface area contributed by atoms with E-state index in [-0.39, 0.29) is 0 Å². The number of hydrogen-bond donors (Lipinski definition) is 1. The van der Waals surface area contributed by atoms with Gasteiger partial charge >= 0.3 is 0 Å². The molecule has 2 rings (SSSR count). The summed E-state index contributed by atoms with van der Waals surface area (Å²) in [7, 11) is 4.04. The third-order valence-electron chi connectivity index (χ3n) is 3.53. The summed E-state index contributed by atoms with van der Waals surface area (Å²) in [6.07, 6.45) is 1.93. The molecule has 0 spiro atoms. The Morgan fingerprint density at radius 1 is 1.53 bits per heavy atom. The maximum absolute atomic E-state index is 6.39. The van der Waals surface area contributed by atoms with Crippen LogP contribution in [0.4, 0.5) is 0 Å². The maximum Gasteiger partial charge on any atom is 0.0849 e. The third kappa shape index (κ3) is 2.64. The van der Waals surface area contributed by atoms with Crippen LogP contribution in [0.2, 0.25) is 5.02 Å². The van der Waals surface area contributed by atoms with Gasteiger partial charge in [0.2, 0.25) is 0 Å². The van der Waals surface area contributed by atoms with E-state index in [0.717, 1.165) is 23.6 Å². The van der Waals surface area contributed by atoms with E-state index in [9.17, 15) is 0 Å². The van der Waals surface area contributed by atoms with Gasteiger partial charge in [-0.2, -0.15) is 16.9 Å². The van der Waals surface area contributed by atoms with Crippen molar-refractivity contribution in [1.82, 2.24) is 15.1 Å². The summed E-state index contributed by atoms with van der Waals surface area (Å²) in [5.74, 6) is 3.09. The molecule has 1 fully saturated rings. The summed E-state index contributed by atoms with van der Waals surface area (Å²) in [6, 6.07) is 0.607. The van der Waals surface area contributed by atoms with E-state index in [4.69, 9.17) is 11.6 Å². The van der Waals surface area contributed by atoms with Crippen LogP contribution in [0, 0.1) is 5.92 Å². The van der Waals surface area contributed by atoms with Gasteiger partial charge < -0.3 is 5.32 Å². The van der Waals surface area contributed by atoms with Crippen molar-refractivity contribution in [3.63, 3.8) is 0 Å². The van der Waals surface area contributed by atoms with Gasteiger partial charge in [0.1, 0.15) is 0 Å². The molecule has 96 valence electrons. The average Bonchev–Trinajstić information content (AvgIpc) is 2.88. The Morgan fingerprint density at radius 2 is 2.29 bits per heavy atom. The lowest BCUT2D eigenvalue weighted by Crippen LogP contribution is -2.33. The number of hydrogen-bond acceptors (Lipinski definition) is 3. The van der Waals surface area contributed by atoms with E-state index in [1.165, 1.54) is 17.2 Å². The van der Waals surface area contributed by atoms with Crippen molar-refractivity contribution < 1.29 is 0 Å². The zero-order chi connectivity index (χ0) is 12.4. The van der Waals surface area contributed by atoms with E-state index in [2.05, 4.69) is 17.3 Å². The SMILES string of the molecule is CCc1nn(C)c(CC2CSCC2NC)c1Cl. The third-order valence-corrected chi connectivity index (χ3v) is 5.22. The molecule has 1 aromatic rings. The van der Waals surface area contributed by atoms with Crippen LogP contribution < -0.4 is 5.32 Å². The molecule has 1 aliphatic heterocycles. The van der Waals surface area contributed by atoms with Crippen LogP contribution in [0.1, 0.15) is 18.3 Å². The molecule has 2 atom stereocenters. The summed E-state index contributed by atoms with van der Waals surface area (Å²) in [6.45, 7) is 2.10. The second-order valence-corrected chi connectivity index (χ2v) is 6.03. The minimum absolute atomic E-state index is 0.607. The Bertz CT molecular complexity index is 391. The second kappa shape index (κ2) is 5.63. The smallest absolute Gasteiger partial charge is 0.0849 e. The minimum Gasteiger partial charge on any atom is -0.316 e. The van der Waals surface area contributed by atoms with Gasteiger partial charge in [-0.05, 0) is 31.6 Å². The summed E-state index contributed by atoms with van der Waals surface area (Å²) < 4.78 is 1.96. The highest BCUT2D eigenvalue weighted by Gasteiger charge is 2.28. The van der Waals surface area contributed by atoms with Gasteiger partial charge in [0.05, 0.1) is 16.4 Å². The largest absolute Gasteiger partial charge is 0.316 e. The highest BCUT2D eigenvalue weighted by atomic mass is 35.5. The molecule has 0 radical (unpaired) electrons. The van der Waals surface area contributed by atoms with Crippen molar-refractivity contribution >= 4 is 23.4 Å². The summed E-state index contributed by atoms with van der Waals surface area (Å²) in [4.78, 5) is 0. The topological polar surface area (TPSA) is 29.9 Å². The number of rotatable bonds is 4. The van der Waals surface area contributed by atoms with Crippen LogP contribution in [0.15, 0.2) is 0 Å². The number of aromatic nitrogens is 2. The summed E-state index contributed by atoms with van der Waals surface area (Å²) >= 11 is 8.41. The van der Waals surface area contributed by atoms with Gasteiger partial charge in [-0.3, -0.25) is 4.68 Å². The fraction of sp³-hybridized carbons (Fsp3) is 0.750. The van der Waals surface area contributed by atoms with Gasteiger partial charge in [-0.25, -0.2) is 0 Å². The average molecular weight is 274 g/mol. The van der Waals surface area contributed by atoms with E-state index in [0.29, 0.717) is 12.0 Å². The predicted molar refractivity (Wildman–Crippen MR) is 75.0 cm³/mol. The lowest BCUT2D eigenvalue weighted by atomic mass is 9.98. The van der Waals surface area contributed by atoms with Gasteiger partial charge in [-0.15, -0.1) is 0 Å². The molecule has 1 N–H and O–H groups in total. The highest BCUT2D eigenvalue weighted by Crippen LogP contribution is 2.30. The number of aryl methyl sites for hydroxylation is 2. The molecule has 2 heterocycles. The van der Waals surface area contributed by atoms with Crippen LogP contribution >= 0.6 is 23.4 Å². The molecule has 0 aliphatic carbocycles. The zero-order valence-corrected chi connectivity index (χ0v) is 12.2. The first-order valence-electron chi connectivity index (χ1n) is 6.12.